The molecule has 1 aliphatic carbocycles. The Bertz CT molecular complexity index is 1380. The number of Topliss-reactive ketones (excluding diaryl/α,β-unsaturated/α-hetero) is 1. The summed E-state index contributed by atoms with van der Waals surface area (Å²) in [6.07, 6.45) is 4.82. The summed E-state index contributed by atoms with van der Waals surface area (Å²) in [5, 5.41) is 18.1. The van der Waals surface area contributed by atoms with Crippen molar-refractivity contribution in [3.8, 4) is 0 Å². The number of benzene rings is 3. The number of aliphatic hydroxyl groups excluding tert-OH is 1. The van der Waals surface area contributed by atoms with E-state index < -0.39 is 23.8 Å². The van der Waals surface area contributed by atoms with Gasteiger partial charge in [-0.2, -0.15) is 0 Å². The third-order valence-corrected chi connectivity index (χ3v) is 8.73. The van der Waals surface area contributed by atoms with Crippen LogP contribution in [0.2, 0.25) is 0 Å². The van der Waals surface area contributed by atoms with Crippen LogP contribution in [0.1, 0.15) is 99.2 Å². The molecule has 1 saturated carbocycles. The number of carbonyl (C=O) groups excluding carboxylic acids is 2. The lowest BCUT2D eigenvalue weighted by Crippen LogP contribution is -2.53. The Kier molecular flexibility index (Phi) is 11.4. The maximum atomic E-state index is 14.0. The number of carbonyl (C=O) groups is 2. The van der Waals surface area contributed by atoms with Crippen molar-refractivity contribution in [3.63, 3.8) is 0 Å². The highest BCUT2D eigenvalue weighted by Gasteiger charge is 2.35. The number of halogens is 2. The molecular formula is C37H46F2N2O3. The van der Waals surface area contributed by atoms with E-state index >= 15 is 0 Å². The van der Waals surface area contributed by atoms with Gasteiger partial charge in [0, 0.05) is 36.6 Å². The quantitative estimate of drug-likeness (QED) is 0.181. The van der Waals surface area contributed by atoms with E-state index in [4.69, 9.17) is 0 Å². The average molecular weight is 605 g/mol. The van der Waals surface area contributed by atoms with Gasteiger partial charge in [-0.3, -0.25) is 9.59 Å². The predicted octanol–water partition coefficient (Wildman–Crippen LogP) is 7.15. The molecule has 7 heteroatoms. The van der Waals surface area contributed by atoms with Crippen LogP contribution in [-0.2, 0) is 22.2 Å². The van der Waals surface area contributed by atoms with Gasteiger partial charge in [-0.1, -0.05) is 94.6 Å². The molecule has 0 bridgehead atoms. The second-order valence-electron chi connectivity index (χ2n) is 13.2. The van der Waals surface area contributed by atoms with Gasteiger partial charge in [0.2, 0.25) is 5.91 Å². The Morgan fingerprint density at radius 3 is 2.23 bits per heavy atom. The van der Waals surface area contributed by atoms with Gasteiger partial charge in [-0.15, -0.1) is 0 Å². The fourth-order valence-corrected chi connectivity index (χ4v) is 6.17. The lowest BCUT2D eigenvalue weighted by Gasteiger charge is -2.41. The van der Waals surface area contributed by atoms with E-state index in [1.807, 2.05) is 6.07 Å². The number of rotatable bonds is 13. The largest absolute Gasteiger partial charge is 0.390 e. The molecule has 0 aromatic heterocycles. The Balaban J connectivity index is 1.47. The van der Waals surface area contributed by atoms with E-state index in [2.05, 4.69) is 55.7 Å². The van der Waals surface area contributed by atoms with Crippen LogP contribution >= 0.6 is 0 Å². The van der Waals surface area contributed by atoms with Gasteiger partial charge < -0.3 is 15.7 Å². The molecule has 1 aliphatic rings. The van der Waals surface area contributed by atoms with Gasteiger partial charge in [0.1, 0.15) is 11.6 Å². The highest BCUT2D eigenvalue weighted by atomic mass is 19.1. The van der Waals surface area contributed by atoms with Crippen LogP contribution in [0.25, 0.3) is 0 Å². The molecule has 1 amide bonds. The molecule has 3 aromatic carbocycles. The molecule has 5 nitrogen and oxygen atoms in total. The van der Waals surface area contributed by atoms with Crippen molar-refractivity contribution < 1.29 is 23.5 Å². The number of aliphatic hydroxyl groups is 1. The molecule has 0 aliphatic heterocycles. The summed E-state index contributed by atoms with van der Waals surface area (Å²) >= 11 is 0. The third-order valence-electron chi connectivity index (χ3n) is 8.73. The molecule has 0 spiro atoms. The van der Waals surface area contributed by atoms with Gasteiger partial charge in [-0.25, -0.2) is 8.78 Å². The average Bonchev–Trinajstić information content (AvgIpc) is 2.99. The SMILES string of the molecule is CC(C)(C)c1cccc(C2(NCC(O)C(Cc3cc(F)cc(F)c3)NC(=O)CCCC(=O)c3ccccc3)CCCCC2)c1. The summed E-state index contributed by atoms with van der Waals surface area (Å²) < 4.78 is 28.1. The standard InChI is InChI=1S/C37H46F2N2O3/c1-36(2,3)28-14-10-15-29(23-28)37(18-8-5-9-19-37)40-25-34(43)32(22-26-20-30(38)24-31(39)21-26)41-35(44)17-11-16-33(42)27-12-6-4-7-13-27/h4,6-7,10,12-15,20-21,23-24,32,34,40,43H,5,8-9,11,16-19,22,25H2,1-3H3,(H,41,44). The minimum Gasteiger partial charge on any atom is -0.390 e. The lowest BCUT2D eigenvalue weighted by molar-refractivity contribution is -0.122. The number of hydrogen-bond donors (Lipinski definition) is 3. The Morgan fingerprint density at radius 1 is 0.886 bits per heavy atom. The fourth-order valence-electron chi connectivity index (χ4n) is 6.17. The molecule has 2 unspecified atom stereocenters. The minimum absolute atomic E-state index is 0.00724. The molecule has 0 saturated heterocycles. The summed E-state index contributed by atoms with van der Waals surface area (Å²) in [6.45, 7) is 6.76. The fraction of sp³-hybridized carbons (Fsp3) is 0.459. The second-order valence-corrected chi connectivity index (χ2v) is 13.2. The van der Waals surface area contributed by atoms with E-state index in [0.717, 1.165) is 38.2 Å². The van der Waals surface area contributed by atoms with Crippen molar-refractivity contribution in [1.82, 2.24) is 10.6 Å². The molecule has 3 N–H and O–H groups in total. The summed E-state index contributed by atoms with van der Waals surface area (Å²) in [4.78, 5) is 25.5. The van der Waals surface area contributed by atoms with Crippen LogP contribution in [0.3, 0.4) is 0 Å². The maximum Gasteiger partial charge on any atom is 0.220 e. The lowest BCUT2D eigenvalue weighted by atomic mass is 9.74. The summed E-state index contributed by atoms with van der Waals surface area (Å²) in [5.41, 5.74) is 3.05. The minimum atomic E-state index is -1.03. The van der Waals surface area contributed by atoms with Crippen LogP contribution < -0.4 is 10.6 Å². The molecule has 0 heterocycles. The topological polar surface area (TPSA) is 78.4 Å². The van der Waals surface area contributed by atoms with Crippen LogP contribution in [-0.4, -0.2) is 35.5 Å². The summed E-state index contributed by atoms with van der Waals surface area (Å²) in [5.74, 6) is -1.78. The molecule has 0 radical (unpaired) electrons. The second kappa shape index (κ2) is 15.0. The zero-order chi connectivity index (χ0) is 31.7. The van der Waals surface area contributed by atoms with Gasteiger partial charge in [0.05, 0.1) is 12.1 Å². The molecule has 44 heavy (non-hydrogen) atoms. The highest BCUT2D eigenvalue weighted by Crippen LogP contribution is 2.38. The first kappa shape index (κ1) is 33.5. The first-order valence-corrected chi connectivity index (χ1v) is 15.8. The first-order valence-electron chi connectivity index (χ1n) is 15.8. The molecule has 3 aromatic rings. The maximum absolute atomic E-state index is 14.0. The van der Waals surface area contributed by atoms with Crippen molar-refractivity contribution in [1.29, 1.82) is 0 Å². The zero-order valence-electron chi connectivity index (χ0n) is 26.2. The van der Waals surface area contributed by atoms with Crippen LogP contribution in [0, 0.1) is 11.6 Å². The van der Waals surface area contributed by atoms with Crippen LogP contribution in [0.4, 0.5) is 8.78 Å². The smallest absolute Gasteiger partial charge is 0.220 e. The third kappa shape index (κ3) is 9.29. The van der Waals surface area contributed by atoms with Crippen molar-refractivity contribution >= 4 is 11.7 Å². The number of nitrogens with one attached hydrogen (secondary N) is 2. The van der Waals surface area contributed by atoms with Crippen LogP contribution in [0.15, 0.2) is 72.8 Å². The summed E-state index contributed by atoms with van der Waals surface area (Å²) in [7, 11) is 0. The van der Waals surface area contributed by atoms with Gasteiger partial charge in [0.25, 0.3) is 0 Å². The molecule has 1 fully saturated rings. The number of ketones is 1. The Morgan fingerprint density at radius 2 is 1.57 bits per heavy atom. The van der Waals surface area contributed by atoms with Crippen LogP contribution in [0.5, 0.6) is 0 Å². The highest BCUT2D eigenvalue weighted by molar-refractivity contribution is 5.96. The normalized spacial score (nSPS) is 16.2. The molecule has 2 atom stereocenters. The summed E-state index contributed by atoms with van der Waals surface area (Å²) in [6, 6.07) is 20.0. The number of hydrogen-bond acceptors (Lipinski definition) is 4. The van der Waals surface area contributed by atoms with E-state index in [1.54, 1.807) is 24.3 Å². The Hall–Kier alpha value is -3.42. The monoisotopic (exact) mass is 604 g/mol. The molecule has 236 valence electrons. The van der Waals surface area contributed by atoms with E-state index in [-0.39, 0.29) is 48.5 Å². The van der Waals surface area contributed by atoms with Gasteiger partial charge in [0.15, 0.2) is 5.78 Å². The zero-order valence-corrected chi connectivity index (χ0v) is 26.2. The predicted molar refractivity (Wildman–Crippen MR) is 171 cm³/mol. The van der Waals surface area contributed by atoms with E-state index in [0.29, 0.717) is 17.5 Å². The van der Waals surface area contributed by atoms with Crippen molar-refractivity contribution in [3.05, 3.63) is 107 Å². The van der Waals surface area contributed by atoms with Crippen molar-refractivity contribution in [2.75, 3.05) is 6.54 Å². The first-order chi connectivity index (χ1) is 20.9. The van der Waals surface area contributed by atoms with Crippen molar-refractivity contribution in [2.24, 2.45) is 0 Å². The molecule has 4 rings (SSSR count). The van der Waals surface area contributed by atoms with Crippen molar-refractivity contribution in [2.45, 2.75) is 102 Å². The Labute approximate surface area is 260 Å². The van der Waals surface area contributed by atoms with Gasteiger partial charge in [-0.05, 0) is 59.9 Å². The van der Waals surface area contributed by atoms with E-state index in [1.165, 1.54) is 23.3 Å². The van der Waals surface area contributed by atoms with Gasteiger partial charge >= 0.3 is 0 Å². The number of amides is 1. The van der Waals surface area contributed by atoms with E-state index in [9.17, 15) is 23.5 Å². The molecular weight excluding hydrogens is 558 g/mol.